The minimum atomic E-state index is 0.0425. The normalized spacial score (nSPS) is 12.0. The van der Waals surface area contributed by atoms with E-state index in [0.29, 0.717) is 0 Å². The van der Waals surface area contributed by atoms with Crippen molar-refractivity contribution in [1.29, 1.82) is 0 Å². The molecule has 2 nitrogen and oxygen atoms in total. The summed E-state index contributed by atoms with van der Waals surface area (Å²) in [5.74, 6) is 0. The molecule has 0 radical (unpaired) electrons. The van der Waals surface area contributed by atoms with E-state index in [2.05, 4.69) is 13.0 Å². The summed E-state index contributed by atoms with van der Waals surface area (Å²) in [7, 11) is 0. The van der Waals surface area contributed by atoms with Crippen molar-refractivity contribution in [3.8, 4) is 0 Å². The van der Waals surface area contributed by atoms with Crippen molar-refractivity contribution in [3.05, 3.63) is 80.6 Å². The molecule has 5 aromatic carbocycles. The molecule has 0 saturated carbocycles. The third-order valence-corrected chi connectivity index (χ3v) is 5.17. The first-order valence-electron chi connectivity index (χ1n) is 8.19. The zero-order valence-corrected chi connectivity index (χ0v) is 13.2. The van der Waals surface area contributed by atoms with E-state index in [1.54, 1.807) is 12.1 Å². The fourth-order valence-corrected chi connectivity index (χ4v) is 4.11. The highest BCUT2D eigenvalue weighted by atomic mass is 16.1. The van der Waals surface area contributed by atoms with Gasteiger partial charge in [0.1, 0.15) is 0 Å². The van der Waals surface area contributed by atoms with Crippen LogP contribution < -0.4 is 10.9 Å². The Morgan fingerprint density at radius 3 is 1.92 bits per heavy atom. The molecule has 0 heterocycles. The Hall–Kier alpha value is -3.00. The Bertz CT molecular complexity index is 1350. The van der Waals surface area contributed by atoms with E-state index in [1.807, 2.05) is 36.4 Å². The van der Waals surface area contributed by atoms with Crippen LogP contribution in [0, 0.1) is 0 Å². The summed E-state index contributed by atoms with van der Waals surface area (Å²) in [6.45, 7) is 2.07. The Balaban J connectivity index is 2.27. The lowest BCUT2D eigenvalue weighted by molar-refractivity contribution is 1.16. The monoisotopic (exact) mass is 310 g/mol. The highest BCUT2D eigenvalue weighted by Gasteiger charge is 2.16. The van der Waals surface area contributed by atoms with Gasteiger partial charge in [-0.1, -0.05) is 37.3 Å². The van der Waals surface area contributed by atoms with Crippen molar-refractivity contribution >= 4 is 43.1 Å². The van der Waals surface area contributed by atoms with Gasteiger partial charge in [-0.05, 0) is 57.8 Å². The van der Waals surface area contributed by atoms with E-state index in [1.165, 1.54) is 0 Å². The van der Waals surface area contributed by atoms with Gasteiger partial charge in [0.05, 0.1) is 0 Å². The maximum absolute atomic E-state index is 12.6. The highest BCUT2D eigenvalue weighted by Crippen LogP contribution is 2.39. The summed E-state index contributed by atoms with van der Waals surface area (Å²) in [4.78, 5) is 24.8. The average Bonchev–Trinajstić information content (AvgIpc) is 2.62. The second kappa shape index (κ2) is 4.51. The predicted octanol–water partition coefficient (Wildman–Crippen LogP) is 4.46. The molecule has 0 saturated heterocycles. The van der Waals surface area contributed by atoms with Gasteiger partial charge in [-0.15, -0.1) is 0 Å². The second-order valence-corrected chi connectivity index (χ2v) is 6.33. The summed E-state index contributed by atoms with van der Waals surface area (Å²) >= 11 is 0. The maximum Gasteiger partial charge on any atom is 0.186 e. The number of hydrogen-bond donors (Lipinski definition) is 0. The van der Waals surface area contributed by atoms with Crippen LogP contribution in [0.2, 0.25) is 0 Å². The molecule has 24 heavy (non-hydrogen) atoms. The second-order valence-electron chi connectivity index (χ2n) is 6.33. The average molecular weight is 310 g/mol. The van der Waals surface area contributed by atoms with Crippen molar-refractivity contribution in [1.82, 2.24) is 0 Å². The maximum atomic E-state index is 12.6. The van der Waals surface area contributed by atoms with Crippen molar-refractivity contribution in [2.75, 3.05) is 0 Å². The fraction of sp³-hybridized carbons (Fsp3) is 0.0909. The summed E-state index contributed by atoms with van der Waals surface area (Å²) in [5, 5.41) is 7.80. The van der Waals surface area contributed by atoms with Gasteiger partial charge in [-0.2, -0.15) is 0 Å². The number of benzene rings is 5. The van der Waals surface area contributed by atoms with E-state index >= 15 is 0 Å². The zero-order valence-electron chi connectivity index (χ0n) is 13.2. The Morgan fingerprint density at radius 1 is 0.583 bits per heavy atom. The largest absolute Gasteiger partial charge is 0.289 e. The van der Waals surface area contributed by atoms with Crippen LogP contribution in [-0.4, -0.2) is 0 Å². The van der Waals surface area contributed by atoms with Crippen LogP contribution in [0.4, 0.5) is 0 Å². The molecule has 0 fully saturated rings. The molecule has 0 aliphatic heterocycles. The molecular weight excluding hydrogens is 296 g/mol. The minimum absolute atomic E-state index is 0.0425. The third-order valence-electron chi connectivity index (χ3n) is 5.17. The van der Waals surface area contributed by atoms with Gasteiger partial charge in [0, 0.05) is 21.5 Å². The van der Waals surface area contributed by atoms with Crippen LogP contribution >= 0.6 is 0 Å². The lowest BCUT2D eigenvalue weighted by atomic mass is 9.88. The quantitative estimate of drug-likeness (QED) is 0.338. The topological polar surface area (TPSA) is 34.1 Å². The van der Waals surface area contributed by atoms with Gasteiger partial charge < -0.3 is 0 Å². The molecule has 0 aliphatic rings. The Kier molecular flexibility index (Phi) is 2.53. The Labute approximate surface area is 137 Å². The molecule has 5 aromatic rings. The first-order chi connectivity index (χ1) is 11.7. The highest BCUT2D eigenvalue weighted by molar-refractivity contribution is 6.33. The molecule has 0 unspecified atom stereocenters. The van der Waals surface area contributed by atoms with Crippen LogP contribution in [0.1, 0.15) is 12.5 Å². The number of hydrogen-bond acceptors (Lipinski definition) is 2. The van der Waals surface area contributed by atoms with Crippen molar-refractivity contribution in [3.63, 3.8) is 0 Å². The fourth-order valence-electron chi connectivity index (χ4n) is 4.11. The van der Waals surface area contributed by atoms with Gasteiger partial charge in [0.25, 0.3) is 0 Å². The van der Waals surface area contributed by atoms with Crippen LogP contribution in [0.15, 0.2) is 64.2 Å². The third kappa shape index (κ3) is 1.50. The first kappa shape index (κ1) is 13.4. The smallest absolute Gasteiger partial charge is 0.186 e. The van der Waals surface area contributed by atoms with Crippen LogP contribution in [0.5, 0.6) is 0 Å². The standard InChI is InChI=1S/C22H14O2/c1-2-12-6-7-15-13-4-3-5-17-18(23)10-8-14(21(13)17)16-9-11-19(24)20(12)22(15)16/h3-11H,2H2,1H3. The predicted molar refractivity (Wildman–Crippen MR) is 101 cm³/mol. The van der Waals surface area contributed by atoms with Gasteiger partial charge >= 0.3 is 0 Å². The Morgan fingerprint density at radius 2 is 1.17 bits per heavy atom. The van der Waals surface area contributed by atoms with Crippen LogP contribution in [-0.2, 0) is 6.42 Å². The number of rotatable bonds is 1. The van der Waals surface area contributed by atoms with E-state index in [0.717, 1.165) is 55.1 Å². The first-order valence-corrected chi connectivity index (χ1v) is 8.19. The van der Waals surface area contributed by atoms with Gasteiger partial charge in [-0.3, -0.25) is 9.59 Å². The molecule has 2 heteroatoms. The SMILES string of the molecule is CCc1ccc2c3cccc4c(=O)ccc(c5ccc(=O)c1c25)c43. The molecule has 0 N–H and O–H groups in total. The lowest BCUT2D eigenvalue weighted by Crippen LogP contribution is -2.05. The van der Waals surface area contributed by atoms with Gasteiger partial charge in [-0.25, -0.2) is 0 Å². The molecule has 0 amide bonds. The van der Waals surface area contributed by atoms with E-state index in [9.17, 15) is 9.59 Å². The molecular formula is C22H14O2. The molecule has 0 bridgehead atoms. The van der Waals surface area contributed by atoms with Crippen molar-refractivity contribution in [2.24, 2.45) is 0 Å². The summed E-state index contributed by atoms with van der Waals surface area (Å²) in [6, 6.07) is 17.1. The van der Waals surface area contributed by atoms with Gasteiger partial charge in [0.2, 0.25) is 0 Å². The molecule has 5 rings (SSSR count). The molecule has 0 aliphatic carbocycles. The molecule has 0 aromatic heterocycles. The lowest BCUT2D eigenvalue weighted by Gasteiger charge is -2.15. The molecule has 0 atom stereocenters. The molecule has 114 valence electrons. The minimum Gasteiger partial charge on any atom is -0.289 e. The van der Waals surface area contributed by atoms with E-state index in [-0.39, 0.29) is 10.9 Å². The van der Waals surface area contributed by atoms with E-state index in [4.69, 9.17) is 0 Å². The summed E-state index contributed by atoms with van der Waals surface area (Å²) < 4.78 is 0. The molecule has 0 spiro atoms. The van der Waals surface area contributed by atoms with Crippen LogP contribution in [0.25, 0.3) is 43.1 Å². The summed E-state index contributed by atoms with van der Waals surface area (Å²) in [6.07, 6.45) is 0.825. The van der Waals surface area contributed by atoms with E-state index < -0.39 is 0 Å². The summed E-state index contributed by atoms with van der Waals surface area (Å²) in [5.41, 5.74) is 1.20. The van der Waals surface area contributed by atoms with Crippen molar-refractivity contribution in [2.45, 2.75) is 13.3 Å². The number of fused-ring (bicyclic) bond motifs is 2. The van der Waals surface area contributed by atoms with Gasteiger partial charge in [0.15, 0.2) is 10.9 Å². The number of aryl methyl sites for hydroxylation is 1. The van der Waals surface area contributed by atoms with Crippen molar-refractivity contribution < 1.29 is 0 Å². The van der Waals surface area contributed by atoms with Crippen LogP contribution in [0.3, 0.4) is 0 Å². The zero-order chi connectivity index (χ0) is 16.4.